The summed E-state index contributed by atoms with van der Waals surface area (Å²) in [4.78, 5) is 27.7. The molecule has 2 amide bonds. The third-order valence-corrected chi connectivity index (χ3v) is 7.96. The summed E-state index contributed by atoms with van der Waals surface area (Å²) in [6, 6.07) is 12.0. The van der Waals surface area contributed by atoms with Crippen LogP contribution in [0.4, 0.5) is 5.69 Å². The van der Waals surface area contributed by atoms with Crippen LogP contribution in [0.3, 0.4) is 0 Å². The van der Waals surface area contributed by atoms with Gasteiger partial charge in [-0.15, -0.1) is 0 Å². The number of sulfonamides is 1. The van der Waals surface area contributed by atoms with Gasteiger partial charge in [-0.3, -0.25) is 13.9 Å². The number of amides is 2. The van der Waals surface area contributed by atoms with E-state index in [4.69, 9.17) is 11.6 Å². The van der Waals surface area contributed by atoms with Crippen molar-refractivity contribution >= 4 is 39.1 Å². The number of nitrogens with one attached hydrogen (secondary N) is 1. The monoisotopic (exact) mass is 535 g/mol. The smallest absolute Gasteiger partial charge is 0.242 e. The largest absolute Gasteiger partial charge is 0.352 e. The lowest BCUT2D eigenvalue weighted by Crippen LogP contribution is -2.49. The van der Waals surface area contributed by atoms with Crippen molar-refractivity contribution in [3.05, 3.63) is 64.2 Å². The van der Waals surface area contributed by atoms with Crippen LogP contribution in [-0.4, -0.2) is 50.0 Å². The zero-order chi connectivity index (χ0) is 27.0. The van der Waals surface area contributed by atoms with Gasteiger partial charge in [0.15, 0.2) is 0 Å². The maximum Gasteiger partial charge on any atom is 0.242 e. The lowest BCUT2D eigenvalue weighted by atomic mass is 10.1. The Morgan fingerprint density at radius 1 is 1.06 bits per heavy atom. The Hall–Kier alpha value is -2.58. The van der Waals surface area contributed by atoms with Gasteiger partial charge in [-0.1, -0.05) is 42.8 Å². The zero-order valence-electron chi connectivity index (χ0n) is 22.0. The van der Waals surface area contributed by atoms with Gasteiger partial charge in [0, 0.05) is 30.6 Å². The highest BCUT2D eigenvalue weighted by Crippen LogP contribution is 2.23. The molecule has 0 aromatic heterocycles. The molecule has 2 unspecified atom stereocenters. The summed E-state index contributed by atoms with van der Waals surface area (Å²) < 4.78 is 26.3. The number of halogens is 1. The first kappa shape index (κ1) is 29.6. The molecule has 0 bridgehead atoms. The average molecular weight is 536 g/mol. The van der Waals surface area contributed by atoms with Crippen LogP contribution in [0, 0.1) is 13.8 Å². The van der Waals surface area contributed by atoms with E-state index in [-0.39, 0.29) is 37.4 Å². The summed E-state index contributed by atoms with van der Waals surface area (Å²) in [6.45, 7) is 9.82. The van der Waals surface area contributed by atoms with E-state index in [1.54, 1.807) is 19.1 Å². The van der Waals surface area contributed by atoms with E-state index in [1.807, 2.05) is 58.0 Å². The zero-order valence-corrected chi connectivity index (χ0v) is 23.6. The number of carbonyl (C=O) groups is 2. The second kappa shape index (κ2) is 13.1. The van der Waals surface area contributed by atoms with Crippen LogP contribution >= 0.6 is 11.6 Å². The molecule has 0 fully saturated rings. The minimum absolute atomic E-state index is 0.0153. The van der Waals surface area contributed by atoms with Gasteiger partial charge in [0.25, 0.3) is 0 Å². The van der Waals surface area contributed by atoms with Gasteiger partial charge >= 0.3 is 0 Å². The van der Waals surface area contributed by atoms with Crippen LogP contribution in [0.1, 0.15) is 56.7 Å². The van der Waals surface area contributed by atoms with Crippen LogP contribution in [0.15, 0.2) is 42.5 Å². The Balaban J connectivity index is 2.20. The lowest BCUT2D eigenvalue weighted by molar-refractivity contribution is -0.140. The van der Waals surface area contributed by atoms with Gasteiger partial charge < -0.3 is 10.2 Å². The molecule has 36 heavy (non-hydrogen) atoms. The van der Waals surface area contributed by atoms with E-state index >= 15 is 0 Å². The first-order valence-electron chi connectivity index (χ1n) is 12.2. The minimum atomic E-state index is -3.54. The van der Waals surface area contributed by atoms with Crippen LogP contribution in [0.25, 0.3) is 0 Å². The van der Waals surface area contributed by atoms with Crippen LogP contribution in [0.2, 0.25) is 5.02 Å². The van der Waals surface area contributed by atoms with E-state index < -0.39 is 16.1 Å². The molecule has 2 aromatic carbocycles. The van der Waals surface area contributed by atoms with Gasteiger partial charge in [-0.25, -0.2) is 8.42 Å². The quantitative estimate of drug-likeness (QED) is 0.421. The van der Waals surface area contributed by atoms with Crippen molar-refractivity contribution in [2.75, 3.05) is 17.1 Å². The van der Waals surface area contributed by atoms with Crippen LogP contribution < -0.4 is 9.62 Å². The molecule has 2 aromatic rings. The van der Waals surface area contributed by atoms with Crippen molar-refractivity contribution in [1.29, 1.82) is 0 Å². The maximum atomic E-state index is 13.4. The number of hydrogen-bond donors (Lipinski definition) is 1. The molecule has 0 radical (unpaired) electrons. The predicted molar refractivity (Wildman–Crippen MR) is 147 cm³/mol. The van der Waals surface area contributed by atoms with Crippen molar-refractivity contribution < 1.29 is 18.0 Å². The Morgan fingerprint density at radius 3 is 2.31 bits per heavy atom. The van der Waals surface area contributed by atoms with E-state index in [0.717, 1.165) is 29.4 Å². The number of carbonyl (C=O) groups excluding carboxylic acids is 2. The van der Waals surface area contributed by atoms with Gasteiger partial charge in [-0.05, 0) is 75.4 Å². The Labute approximate surface area is 220 Å². The highest BCUT2D eigenvalue weighted by molar-refractivity contribution is 7.92. The van der Waals surface area contributed by atoms with Crippen molar-refractivity contribution in [3.63, 3.8) is 0 Å². The molecule has 0 saturated heterocycles. The minimum Gasteiger partial charge on any atom is -0.352 e. The molecule has 0 heterocycles. The fourth-order valence-corrected chi connectivity index (χ4v) is 4.90. The van der Waals surface area contributed by atoms with E-state index in [0.29, 0.717) is 17.1 Å². The first-order chi connectivity index (χ1) is 16.8. The standard InChI is InChI=1S/C27H38ClN3O4S/c1-7-21(4)29-27(33)22(5)30(18-23-11-8-9-12-25(23)28)26(32)13-10-16-31(36(6,34)35)24-15-14-19(2)20(3)17-24/h8-9,11-12,14-15,17,21-22H,7,10,13,16,18H2,1-6H3,(H,29,33). The predicted octanol–water partition coefficient (Wildman–Crippen LogP) is 4.84. The Morgan fingerprint density at radius 2 is 1.72 bits per heavy atom. The molecule has 0 aliphatic heterocycles. The topological polar surface area (TPSA) is 86.8 Å². The molecule has 0 aliphatic rings. The SMILES string of the molecule is CCC(C)NC(=O)C(C)N(Cc1ccccc1Cl)C(=O)CCCN(c1ccc(C)c(C)c1)S(C)(=O)=O. The summed E-state index contributed by atoms with van der Waals surface area (Å²) in [5, 5.41) is 3.45. The van der Waals surface area contributed by atoms with Gasteiger partial charge in [0.2, 0.25) is 21.8 Å². The van der Waals surface area contributed by atoms with Crippen LogP contribution in [0.5, 0.6) is 0 Å². The fourth-order valence-electron chi connectivity index (χ4n) is 3.74. The summed E-state index contributed by atoms with van der Waals surface area (Å²) >= 11 is 6.34. The van der Waals surface area contributed by atoms with Crippen molar-refractivity contribution in [2.45, 2.75) is 72.5 Å². The maximum absolute atomic E-state index is 13.4. The second-order valence-corrected chi connectivity index (χ2v) is 11.6. The van der Waals surface area contributed by atoms with Crippen molar-refractivity contribution in [2.24, 2.45) is 0 Å². The van der Waals surface area contributed by atoms with Crippen molar-refractivity contribution in [3.8, 4) is 0 Å². The number of nitrogens with zero attached hydrogens (tertiary/aromatic N) is 2. The summed E-state index contributed by atoms with van der Waals surface area (Å²) in [5.41, 5.74) is 3.37. The number of rotatable bonds is 12. The molecular formula is C27H38ClN3O4S. The van der Waals surface area contributed by atoms with E-state index in [1.165, 1.54) is 9.21 Å². The molecule has 9 heteroatoms. The van der Waals surface area contributed by atoms with Gasteiger partial charge in [0.1, 0.15) is 6.04 Å². The Bertz CT molecular complexity index is 1170. The summed E-state index contributed by atoms with van der Waals surface area (Å²) in [7, 11) is -3.54. The molecule has 0 spiro atoms. The third kappa shape index (κ3) is 8.23. The molecule has 2 rings (SSSR count). The number of hydrogen-bond acceptors (Lipinski definition) is 4. The molecular weight excluding hydrogens is 498 g/mol. The third-order valence-electron chi connectivity index (χ3n) is 6.40. The normalized spacial score (nSPS) is 13.1. The molecule has 7 nitrogen and oxygen atoms in total. The second-order valence-electron chi connectivity index (χ2n) is 9.31. The average Bonchev–Trinajstić information content (AvgIpc) is 2.81. The molecule has 0 saturated carbocycles. The van der Waals surface area contributed by atoms with E-state index in [2.05, 4.69) is 5.32 Å². The molecule has 198 valence electrons. The van der Waals surface area contributed by atoms with Gasteiger partial charge in [-0.2, -0.15) is 0 Å². The number of anilines is 1. The Kier molecular flexibility index (Phi) is 10.8. The van der Waals surface area contributed by atoms with Gasteiger partial charge in [0.05, 0.1) is 11.9 Å². The molecule has 2 atom stereocenters. The fraction of sp³-hybridized carbons (Fsp3) is 0.481. The van der Waals surface area contributed by atoms with Crippen LogP contribution in [-0.2, 0) is 26.2 Å². The number of aryl methyl sites for hydroxylation is 2. The summed E-state index contributed by atoms with van der Waals surface area (Å²) in [5.74, 6) is -0.479. The number of benzene rings is 2. The lowest BCUT2D eigenvalue weighted by Gasteiger charge is -2.30. The summed E-state index contributed by atoms with van der Waals surface area (Å²) in [6.07, 6.45) is 2.32. The van der Waals surface area contributed by atoms with E-state index in [9.17, 15) is 18.0 Å². The molecule has 0 aliphatic carbocycles. The first-order valence-corrected chi connectivity index (χ1v) is 14.5. The highest BCUT2D eigenvalue weighted by Gasteiger charge is 2.27. The van der Waals surface area contributed by atoms with Crippen molar-refractivity contribution in [1.82, 2.24) is 10.2 Å². The highest BCUT2D eigenvalue weighted by atomic mass is 35.5. The molecule has 1 N–H and O–H groups in total.